The topological polar surface area (TPSA) is 474 Å². The van der Waals surface area contributed by atoms with E-state index in [1.807, 2.05) is 27.7 Å². The fraction of sp³-hybridized carbons (Fsp3) is 0.486. The summed E-state index contributed by atoms with van der Waals surface area (Å²) in [7, 11) is 0. The van der Waals surface area contributed by atoms with E-state index >= 15 is 24.0 Å². The molecular formula is C74H88Cl2N6O23. The first kappa shape index (κ1) is 79.0. The molecule has 31 heteroatoms. The molecule has 7 aliphatic rings. The summed E-state index contributed by atoms with van der Waals surface area (Å²) >= 11 is 14.3. The van der Waals surface area contributed by atoms with E-state index in [0.717, 1.165) is 36.4 Å². The molecule has 0 radical (unpaired) electrons. The molecule has 566 valence electrons. The molecule has 0 spiro atoms. The lowest BCUT2D eigenvalue weighted by atomic mass is 9.84. The first-order valence-corrected chi connectivity index (χ1v) is 35.3. The van der Waals surface area contributed by atoms with Gasteiger partial charge in [-0.2, -0.15) is 0 Å². The van der Waals surface area contributed by atoms with Crippen LogP contribution in [0, 0.1) is 23.7 Å². The number of nitrogens with two attached hydrogens (primary N) is 2. The van der Waals surface area contributed by atoms with E-state index in [2.05, 4.69) is 21.3 Å². The zero-order valence-electron chi connectivity index (χ0n) is 58.5. The summed E-state index contributed by atoms with van der Waals surface area (Å²) in [6.07, 6.45) is -19.4. The number of ether oxygens (including phenoxy) is 6. The minimum Gasteiger partial charge on any atom is -0.508 e. The summed E-state index contributed by atoms with van der Waals surface area (Å²) in [5, 5.41) is 115. The Morgan fingerprint density at radius 3 is 1.95 bits per heavy atom. The Hall–Kier alpha value is -8.56. The van der Waals surface area contributed by atoms with E-state index in [-0.39, 0.29) is 91.6 Å². The molecule has 7 aliphatic heterocycles. The number of carbonyl (C=O) groups excluding carboxylic acids is 8. The fourth-order valence-corrected chi connectivity index (χ4v) is 14.3. The summed E-state index contributed by atoms with van der Waals surface area (Å²) in [6.45, 7) is 11.3. The van der Waals surface area contributed by atoms with Gasteiger partial charge in [0.1, 0.15) is 83.4 Å². The normalized spacial score (nSPS) is 29.0. The quantitative estimate of drug-likeness (QED) is 0.0584. The maximum atomic E-state index is 16.3. The van der Waals surface area contributed by atoms with E-state index < -0.39 is 216 Å². The summed E-state index contributed by atoms with van der Waals surface area (Å²) in [6, 6.07) is 7.11. The van der Waals surface area contributed by atoms with Gasteiger partial charge in [-0.25, -0.2) is 0 Å². The number of benzene rings is 5. The molecule has 29 nitrogen and oxygen atoms in total. The maximum Gasteiger partial charge on any atom is 0.246 e. The largest absolute Gasteiger partial charge is 0.508 e. The lowest BCUT2D eigenvalue weighted by Gasteiger charge is -2.47. The Kier molecular flexibility index (Phi) is 24.6. The van der Waals surface area contributed by atoms with Crippen LogP contribution in [0.5, 0.6) is 46.0 Å². The molecule has 5 aromatic carbocycles. The number of amides is 5. The number of aliphatic hydroxyl groups excluding tert-OH is 6. The molecule has 2 saturated heterocycles. The molecule has 105 heavy (non-hydrogen) atoms. The molecule has 0 saturated carbocycles. The van der Waals surface area contributed by atoms with Gasteiger partial charge in [0.25, 0.3) is 0 Å². The van der Waals surface area contributed by atoms with Crippen LogP contribution in [0.3, 0.4) is 0 Å². The third-order valence-electron chi connectivity index (χ3n) is 19.7. The molecule has 17 N–H and O–H groups in total. The van der Waals surface area contributed by atoms with Crippen LogP contribution in [0.4, 0.5) is 0 Å². The number of aromatic hydroxyl groups is 3. The van der Waals surface area contributed by atoms with E-state index in [1.54, 1.807) is 6.92 Å². The van der Waals surface area contributed by atoms with Crippen LogP contribution >= 0.6 is 23.2 Å². The zero-order valence-corrected chi connectivity index (χ0v) is 60.0. The second kappa shape index (κ2) is 32.7. The number of primary amides is 1. The standard InChI is InChI=1S/C74H88Cl2N6O23/c1-8-33(17-31(4)5)69(96)81-60-48(88)21-38(24-55(77)90)70(97)79-58-37-22-52(101-50-15-11-35(62(60)91)19-43(50)75)66(105-73-67(65(94)64(93)54(29-83)103-73)104-56-28-74(7,78)68(95)32(6)100-56)53(23-37)102-51-16-12-36(20-44(51)76)63(92)61-72(99)80-59(46(86)13-9-30(2)3)42-25-39(84)26-47(87)57(42)41-18-34(10-14-45(41)85)40(27-49(58)89)71(98)82-61/h10-12,14-16,18-20,22-23,25-26,30-33,38,40,54,56,58-65,67-68,73,83-85,87,91-95H,8-9,13,17,21,24,27-29,78H2,1-7H3,(H2,77,90)(H,79,97)(H,80,99)(H,81,96)(H,82,98)/t32?,33?,38?,40?,54?,56?,58?,59-,60?,61?,62?,63?,64?,65?,67?,68?,73?,74?/m0/s1. The van der Waals surface area contributed by atoms with Gasteiger partial charge in [-0.3, -0.25) is 38.4 Å². The summed E-state index contributed by atoms with van der Waals surface area (Å²) < 4.78 is 38.7. The third kappa shape index (κ3) is 17.5. The first-order valence-electron chi connectivity index (χ1n) is 34.6. The van der Waals surface area contributed by atoms with Crippen LogP contribution in [0.1, 0.15) is 158 Å². The minimum absolute atomic E-state index is 0.00806. The smallest absolute Gasteiger partial charge is 0.246 e. The summed E-state index contributed by atoms with van der Waals surface area (Å²) in [5.41, 5.74) is 9.36. The highest BCUT2D eigenvalue weighted by Gasteiger charge is 2.52. The molecule has 11 bridgehead atoms. The summed E-state index contributed by atoms with van der Waals surface area (Å²) in [5.74, 6) is -17.0. The van der Waals surface area contributed by atoms with Gasteiger partial charge >= 0.3 is 0 Å². The Balaban J connectivity index is 1.24. The van der Waals surface area contributed by atoms with Crippen molar-refractivity contribution in [1.29, 1.82) is 0 Å². The van der Waals surface area contributed by atoms with Crippen molar-refractivity contribution in [3.63, 3.8) is 0 Å². The van der Waals surface area contributed by atoms with Crippen LogP contribution in [0.15, 0.2) is 78.9 Å². The number of phenols is 3. The molecule has 2 fully saturated rings. The molecule has 17 unspecified atom stereocenters. The van der Waals surface area contributed by atoms with Gasteiger partial charge in [0, 0.05) is 60.8 Å². The molecule has 5 aromatic rings. The maximum absolute atomic E-state index is 16.3. The van der Waals surface area contributed by atoms with E-state index in [9.17, 15) is 60.3 Å². The van der Waals surface area contributed by atoms with Gasteiger partial charge in [0.15, 0.2) is 41.2 Å². The number of halogens is 2. The number of hydrogen-bond donors (Lipinski definition) is 15. The minimum atomic E-state index is -2.16. The second-order valence-corrected chi connectivity index (χ2v) is 29.4. The van der Waals surface area contributed by atoms with Crippen LogP contribution in [-0.2, 0) is 52.6 Å². The molecule has 0 aliphatic carbocycles. The van der Waals surface area contributed by atoms with Crippen molar-refractivity contribution in [3.05, 3.63) is 117 Å². The van der Waals surface area contributed by atoms with Gasteiger partial charge in [-0.1, -0.05) is 76.0 Å². The van der Waals surface area contributed by atoms with Gasteiger partial charge in [0.05, 0.1) is 40.7 Å². The number of nitrogens with one attached hydrogen (secondary N) is 4. The van der Waals surface area contributed by atoms with Crippen molar-refractivity contribution in [3.8, 4) is 57.1 Å². The number of ketones is 3. The monoisotopic (exact) mass is 1500 g/mol. The van der Waals surface area contributed by atoms with E-state index in [4.69, 9.17) is 63.1 Å². The number of aliphatic hydroxyl groups is 6. The second-order valence-electron chi connectivity index (χ2n) is 28.6. The van der Waals surface area contributed by atoms with Crippen molar-refractivity contribution < 1.29 is 113 Å². The number of rotatable bonds is 16. The average molecular weight is 1500 g/mol. The number of Topliss-reactive ketones (excluding diaryl/α,β-unsaturated/α-hetero) is 3. The zero-order chi connectivity index (χ0) is 76.5. The van der Waals surface area contributed by atoms with E-state index in [0.29, 0.717) is 12.8 Å². The lowest BCUT2D eigenvalue weighted by molar-refractivity contribution is -0.333. The van der Waals surface area contributed by atoms with Crippen LogP contribution < -0.4 is 46.9 Å². The highest BCUT2D eigenvalue weighted by atomic mass is 35.5. The van der Waals surface area contributed by atoms with Crippen LogP contribution in [0.2, 0.25) is 10.0 Å². The van der Waals surface area contributed by atoms with Crippen molar-refractivity contribution in [2.75, 3.05) is 6.61 Å². The van der Waals surface area contributed by atoms with Crippen molar-refractivity contribution in [2.45, 2.75) is 197 Å². The molecule has 12 rings (SSSR count). The number of carbonyl (C=O) groups is 8. The van der Waals surface area contributed by atoms with Gasteiger partial charge in [0.2, 0.25) is 41.6 Å². The van der Waals surface area contributed by atoms with Crippen LogP contribution in [-0.4, -0.2) is 166 Å². The molecule has 0 aromatic heterocycles. The van der Waals surface area contributed by atoms with Crippen molar-refractivity contribution in [1.82, 2.24) is 21.3 Å². The lowest BCUT2D eigenvalue weighted by Crippen LogP contribution is -2.64. The predicted octanol–water partition coefficient (Wildman–Crippen LogP) is 5.44. The average Bonchev–Trinajstić information content (AvgIpc) is 0.771. The summed E-state index contributed by atoms with van der Waals surface area (Å²) in [4.78, 5) is 120. The van der Waals surface area contributed by atoms with Gasteiger partial charge in [-0.05, 0) is 127 Å². The Morgan fingerprint density at radius 2 is 1.36 bits per heavy atom. The highest BCUT2D eigenvalue weighted by Crippen LogP contribution is 2.51. The van der Waals surface area contributed by atoms with Crippen molar-refractivity contribution >= 4 is 70.1 Å². The Labute approximate surface area is 613 Å². The molecule has 18 atom stereocenters. The fourth-order valence-electron chi connectivity index (χ4n) is 13.9. The highest BCUT2D eigenvalue weighted by molar-refractivity contribution is 6.32. The van der Waals surface area contributed by atoms with Crippen molar-refractivity contribution in [2.24, 2.45) is 35.1 Å². The number of phenolic OH excluding ortho intramolecular Hbond substituents is 3. The van der Waals surface area contributed by atoms with Crippen LogP contribution in [0.25, 0.3) is 11.1 Å². The Morgan fingerprint density at radius 1 is 0.724 bits per heavy atom. The molecular weight excluding hydrogens is 1410 g/mol. The molecule has 7 heterocycles. The van der Waals surface area contributed by atoms with Gasteiger partial charge < -0.3 is 107 Å². The number of hydrogen-bond acceptors (Lipinski definition) is 24. The van der Waals surface area contributed by atoms with E-state index in [1.165, 1.54) is 56.3 Å². The first-order chi connectivity index (χ1) is 49.6. The third-order valence-corrected chi connectivity index (χ3v) is 20.2. The SMILES string of the molecule is CCC(CC(C)C)C(=O)NC1C(=O)CC(CC(N)=O)C(=O)NC2C(=O)CC3C(=O)NC(C(=O)N[C@H](C(=O)CCC(C)C)c4cc(O)cc(O)c4-c4cc3ccc4O)C(O)c3ccc(c(Cl)c3)Oc3cc2cc(c3OC2OC(CO)C(O)C(O)C2OC2CC(C)(N)C(O)C(C)O2)Oc2ccc(cc2Cl)C1O. The Bertz CT molecular complexity index is 4160. The number of fused-ring (bicyclic) bond motifs is 15. The van der Waals surface area contributed by atoms with Gasteiger partial charge in [-0.15, -0.1) is 0 Å². The molecule has 5 amide bonds. The predicted molar refractivity (Wildman–Crippen MR) is 374 cm³/mol.